The van der Waals surface area contributed by atoms with Crippen molar-refractivity contribution in [2.24, 2.45) is 4.99 Å². The molecule has 1 aliphatic carbocycles. The lowest BCUT2D eigenvalue weighted by Gasteiger charge is -2.17. The monoisotopic (exact) mass is 311 g/mol. The Morgan fingerprint density at radius 2 is 2.04 bits per heavy atom. The van der Waals surface area contributed by atoms with Gasteiger partial charge in [0.15, 0.2) is 0 Å². The Morgan fingerprint density at radius 3 is 2.91 bits per heavy atom. The Bertz CT molecular complexity index is 688. The molecule has 0 spiro atoms. The van der Waals surface area contributed by atoms with Crippen LogP contribution in [0.1, 0.15) is 43.2 Å². The van der Waals surface area contributed by atoms with Gasteiger partial charge in [0.2, 0.25) is 5.96 Å². The van der Waals surface area contributed by atoms with Gasteiger partial charge in [-0.1, -0.05) is 25.3 Å². The molecule has 0 unspecified atom stereocenters. The largest absolute Gasteiger partial charge is 0.493 e. The molecule has 4 rings (SSSR count). The lowest BCUT2D eigenvalue weighted by Crippen LogP contribution is -2.28. The second-order valence-corrected chi connectivity index (χ2v) is 6.37. The van der Waals surface area contributed by atoms with Crippen molar-refractivity contribution in [2.75, 3.05) is 6.61 Å². The van der Waals surface area contributed by atoms with E-state index in [2.05, 4.69) is 21.7 Å². The number of ether oxygens (including phenoxy) is 1. The summed E-state index contributed by atoms with van der Waals surface area (Å²) in [4.78, 5) is 16.8. The summed E-state index contributed by atoms with van der Waals surface area (Å²) in [5.74, 6) is 1.43. The number of hydrogen-bond donors (Lipinski definition) is 2. The molecule has 1 aromatic rings. The van der Waals surface area contributed by atoms with Gasteiger partial charge >= 0.3 is 0 Å². The summed E-state index contributed by atoms with van der Waals surface area (Å²) in [6, 6.07) is 6.37. The van der Waals surface area contributed by atoms with Crippen LogP contribution in [-0.4, -0.2) is 24.5 Å². The number of aliphatic imine (C=N–C) groups is 1. The van der Waals surface area contributed by atoms with Crippen LogP contribution in [0.3, 0.4) is 0 Å². The summed E-state index contributed by atoms with van der Waals surface area (Å²) < 4.78 is 5.51. The van der Waals surface area contributed by atoms with Crippen molar-refractivity contribution in [3.05, 3.63) is 35.0 Å². The fourth-order valence-corrected chi connectivity index (χ4v) is 3.41. The van der Waals surface area contributed by atoms with Gasteiger partial charge in [-0.25, -0.2) is 4.99 Å². The minimum absolute atomic E-state index is 0.115. The Kier molecular flexibility index (Phi) is 3.77. The van der Waals surface area contributed by atoms with Gasteiger partial charge in [-0.15, -0.1) is 0 Å². The zero-order valence-electron chi connectivity index (χ0n) is 13.1. The molecule has 1 saturated carbocycles. The molecule has 23 heavy (non-hydrogen) atoms. The summed E-state index contributed by atoms with van der Waals surface area (Å²) in [7, 11) is 0. The number of guanidine groups is 1. The minimum atomic E-state index is -0.115. The van der Waals surface area contributed by atoms with E-state index < -0.39 is 0 Å². The number of nitrogens with one attached hydrogen (secondary N) is 2. The maximum Gasteiger partial charge on any atom is 0.274 e. The highest BCUT2D eigenvalue weighted by Gasteiger charge is 2.23. The molecule has 1 saturated heterocycles. The fourth-order valence-electron chi connectivity index (χ4n) is 3.41. The van der Waals surface area contributed by atoms with Crippen LogP contribution in [0.5, 0.6) is 5.75 Å². The zero-order chi connectivity index (χ0) is 15.6. The maximum atomic E-state index is 12.1. The molecule has 2 aliphatic heterocycles. The van der Waals surface area contributed by atoms with E-state index in [1.807, 2.05) is 18.2 Å². The number of amides is 1. The molecule has 0 aromatic heterocycles. The standard InChI is InChI=1S/C18H21N3O2/c22-17-15(11-12-6-7-16-13(10-12)8-9-23-16)20-18(21-17)19-14-4-2-1-3-5-14/h6-7,10-11,14H,1-5,8-9H2,(H2,19,20,21,22)/b15-11-. The SMILES string of the molecule is O=C1NC(=NC2CCCCC2)N/C1=C\c1ccc2c(c1)CCO2. The number of rotatable bonds is 2. The molecule has 1 aromatic carbocycles. The van der Waals surface area contributed by atoms with E-state index in [-0.39, 0.29) is 5.91 Å². The summed E-state index contributed by atoms with van der Waals surface area (Å²) in [6.07, 6.45) is 8.80. The van der Waals surface area contributed by atoms with Crippen molar-refractivity contribution >= 4 is 17.9 Å². The van der Waals surface area contributed by atoms with Crippen LogP contribution in [0, 0.1) is 0 Å². The van der Waals surface area contributed by atoms with Crippen LogP contribution in [-0.2, 0) is 11.2 Å². The lowest BCUT2D eigenvalue weighted by molar-refractivity contribution is -0.115. The van der Waals surface area contributed by atoms with Gasteiger partial charge in [0, 0.05) is 6.42 Å². The average Bonchev–Trinajstić information content (AvgIpc) is 3.15. The number of nitrogens with zero attached hydrogens (tertiary/aromatic N) is 1. The van der Waals surface area contributed by atoms with Crippen LogP contribution in [0.2, 0.25) is 0 Å². The predicted octanol–water partition coefficient (Wildman–Crippen LogP) is 2.37. The first kappa shape index (κ1) is 14.3. The quantitative estimate of drug-likeness (QED) is 0.824. The van der Waals surface area contributed by atoms with Crippen molar-refractivity contribution in [3.63, 3.8) is 0 Å². The van der Waals surface area contributed by atoms with Gasteiger partial charge in [-0.3, -0.25) is 10.1 Å². The number of hydrogen-bond acceptors (Lipinski definition) is 3. The summed E-state index contributed by atoms with van der Waals surface area (Å²) in [5, 5.41) is 5.95. The molecule has 120 valence electrons. The van der Waals surface area contributed by atoms with Crippen LogP contribution < -0.4 is 15.4 Å². The molecule has 0 bridgehead atoms. The first-order chi connectivity index (χ1) is 11.3. The summed E-state index contributed by atoms with van der Waals surface area (Å²) in [6.45, 7) is 0.742. The van der Waals surface area contributed by atoms with Crippen molar-refractivity contribution in [1.29, 1.82) is 0 Å². The molecule has 0 atom stereocenters. The lowest BCUT2D eigenvalue weighted by atomic mass is 9.96. The Labute approximate surface area is 135 Å². The fraction of sp³-hybridized carbons (Fsp3) is 0.444. The molecule has 5 heteroatoms. The minimum Gasteiger partial charge on any atom is -0.493 e. The molecule has 3 aliphatic rings. The van der Waals surface area contributed by atoms with E-state index >= 15 is 0 Å². The van der Waals surface area contributed by atoms with Gasteiger partial charge < -0.3 is 10.1 Å². The second kappa shape index (κ2) is 6.07. The van der Waals surface area contributed by atoms with Crippen LogP contribution in [0.4, 0.5) is 0 Å². The van der Waals surface area contributed by atoms with Crippen molar-refractivity contribution < 1.29 is 9.53 Å². The van der Waals surface area contributed by atoms with Gasteiger partial charge in [0.1, 0.15) is 11.4 Å². The van der Waals surface area contributed by atoms with Crippen molar-refractivity contribution in [2.45, 2.75) is 44.6 Å². The maximum absolute atomic E-state index is 12.1. The van der Waals surface area contributed by atoms with Crippen LogP contribution in [0.25, 0.3) is 6.08 Å². The van der Waals surface area contributed by atoms with E-state index in [9.17, 15) is 4.79 Å². The van der Waals surface area contributed by atoms with E-state index in [1.165, 1.54) is 24.8 Å². The molecule has 1 amide bonds. The highest BCUT2D eigenvalue weighted by molar-refractivity contribution is 6.15. The van der Waals surface area contributed by atoms with E-state index in [1.54, 1.807) is 0 Å². The molecular weight excluding hydrogens is 290 g/mol. The number of benzene rings is 1. The van der Waals surface area contributed by atoms with Crippen LogP contribution >= 0.6 is 0 Å². The smallest absolute Gasteiger partial charge is 0.274 e. The van der Waals surface area contributed by atoms with Gasteiger partial charge in [0.05, 0.1) is 12.6 Å². The number of carbonyl (C=O) groups is 1. The Balaban J connectivity index is 1.50. The van der Waals surface area contributed by atoms with Crippen molar-refractivity contribution in [3.8, 4) is 5.75 Å². The topological polar surface area (TPSA) is 62.7 Å². The first-order valence-electron chi connectivity index (χ1n) is 8.41. The molecule has 2 heterocycles. The molecule has 2 N–H and O–H groups in total. The second-order valence-electron chi connectivity index (χ2n) is 6.37. The Hall–Kier alpha value is -2.30. The molecule has 5 nitrogen and oxygen atoms in total. The van der Waals surface area contributed by atoms with Crippen LogP contribution in [0.15, 0.2) is 28.9 Å². The predicted molar refractivity (Wildman–Crippen MR) is 89.2 cm³/mol. The molecule has 2 fully saturated rings. The summed E-state index contributed by atoms with van der Waals surface area (Å²) >= 11 is 0. The number of fused-ring (bicyclic) bond motifs is 1. The summed E-state index contributed by atoms with van der Waals surface area (Å²) in [5.41, 5.74) is 2.76. The third-order valence-electron chi connectivity index (χ3n) is 4.64. The zero-order valence-corrected chi connectivity index (χ0v) is 13.1. The Morgan fingerprint density at radius 1 is 1.17 bits per heavy atom. The van der Waals surface area contributed by atoms with Gasteiger partial charge in [0.25, 0.3) is 5.91 Å². The van der Waals surface area contributed by atoms with Crippen molar-refractivity contribution in [1.82, 2.24) is 10.6 Å². The highest BCUT2D eigenvalue weighted by atomic mass is 16.5. The third kappa shape index (κ3) is 3.09. The highest BCUT2D eigenvalue weighted by Crippen LogP contribution is 2.27. The van der Waals surface area contributed by atoms with E-state index in [4.69, 9.17) is 4.74 Å². The van der Waals surface area contributed by atoms with E-state index in [0.717, 1.165) is 37.2 Å². The number of carbonyl (C=O) groups excluding carboxylic acids is 1. The van der Waals surface area contributed by atoms with Gasteiger partial charge in [-0.05, 0) is 42.2 Å². The van der Waals surface area contributed by atoms with E-state index in [0.29, 0.717) is 17.7 Å². The molecular formula is C18H21N3O2. The van der Waals surface area contributed by atoms with Gasteiger partial charge in [-0.2, -0.15) is 0 Å². The first-order valence-corrected chi connectivity index (χ1v) is 8.41. The average molecular weight is 311 g/mol. The third-order valence-corrected chi connectivity index (χ3v) is 4.64. The molecule has 0 radical (unpaired) electrons. The normalized spacial score (nSPS) is 24.4.